The van der Waals surface area contributed by atoms with Crippen LogP contribution in [0.15, 0.2) is 47.4 Å². The van der Waals surface area contributed by atoms with Crippen LogP contribution in [0.2, 0.25) is 0 Å². The van der Waals surface area contributed by atoms with Crippen LogP contribution in [0.25, 0.3) is 0 Å². The number of carbonyl (C=O) groups excluding carboxylic acids is 1. The van der Waals surface area contributed by atoms with Gasteiger partial charge in [0.25, 0.3) is 5.91 Å². The Morgan fingerprint density at radius 1 is 1.13 bits per heavy atom. The van der Waals surface area contributed by atoms with E-state index in [1.165, 1.54) is 24.4 Å². The molecule has 0 atom stereocenters. The molecule has 1 aromatic heterocycles. The van der Waals surface area contributed by atoms with Crippen molar-refractivity contribution in [2.45, 2.75) is 19.3 Å². The van der Waals surface area contributed by atoms with Gasteiger partial charge >= 0.3 is 0 Å². The first-order valence-electron chi connectivity index (χ1n) is 7.84. The summed E-state index contributed by atoms with van der Waals surface area (Å²) in [4.78, 5) is 27.8. The number of nitrogens with one attached hydrogen (secondary N) is 1. The molecule has 1 aliphatic rings. The lowest BCUT2D eigenvalue weighted by Crippen LogP contribution is -2.39. The molecule has 1 aliphatic heterocycles. The summed E-state index contributed by atoms with van der Waals surface area (Å²) in [6.07, 6.45) is 4.26. The van der Waals surface area contributed by atoms with Crippen molar-refractivity contribution < 1.29 is 9.18 Å². The fraction of sp³-hybridized carbons (Fsp3) is 0.333. The number of halogens is 1. The van der Waals surface area contributed by atoms with Gasteiger partial charge in [0, 0.05) is 25.4 Å². The van der Waals surface area contributed by atoms with Crippen LogP contribution in [0.1, 0.15) is 28.8 Å². The maximum atomic E-state index is 12.9. The SMILES string of the molecule is O=C(c1ccc(=O)[nH]c1)N1CCC(Cc2ccc(F)cc2)CC1. The Kier molecular flexibility index (Phi) is 4.55. The fourth-order valence-electron chi connectivity index (χ4n) is 3.02. The second-order valence-corrected chi connectivity index (χ2v) is 6.01. The zero-order chi connectivity index (χ0) is 16.2. The van der Waals surface area contributed by atoms with Gasteiger partial charge in [0.05, 0.1) is 5.56 Å². The van der Waals surface area contributed by atoms with Crippen molar-refractivity contribution in [3.05, 3.63) is 69.9 Å². The minimum absolute atomic E-state index is 0.0403. The quantitative estimate of drug-likeness (QED) is 0.947. The molecule has 1 saturated heterocycles. The molecule has 0 radical (unpaired) electrons. The molecule has 1 N–H and O–H groups in total. The molecule has 0 bridgehead atoms. The van der Waals surface area contributed by atoms with Crippen molar-refractivity contribution in [2.24, 2.45) is 5.92 Å². The number of rotatable bonds is 3. The molecule has 3 rings (SSSR count). The summed E-state index contributed by atoms with van der Waals surface area (Å²) in [6.45, 7) is 1.42. The highest BCUT2D eigenvalue weighted by Gasteiger charge is 2.23. The van der Waals surface area contributed by atoms with E-state index in [2.05, 4.69) is 4.98 Å². The second-order valence-electron chi connectivity index (χ2n) is 6.01. The van der Waals surface area contributed by atoms with E-state index in [-0.39, 0.29) is 17.3 Å². The Hall–Kier alpha value is -2.43. The van der Waals surface area contributed by atoms with Crippen LogP contribution in [0.5, 0.6) is 0 Å². The van der Waals surface area contributed by atoms with Gasteiger partial charge in [-0.05, 0) is 48.9 Å². The van der Waals surface area contributed by atoms with Crippen molar-refractivity contribution in [1.82, 2.24) is 9.88 Å². The van der Waals surface area contributed by atoms with Crippen LogP contribution >= 0.6 is 0 Å². The van der Waals surface area contributed by atoms with E-state index in [0.717, 1.165) is 24.8 Å². The van der Waals surface area contributed by atoms with Crippen molar-refractivity contribution in [2.75, 3.05) is 13.1 Å². The zero-order valence-electron chi connectivity index (χ0n) is 12.8. The van der Waals surface area contributed by atoms with E-state index in [0.29, 0.717) is 24.6 Å². The van der Waals surface area contributed by atoms with Crippen LogP contribution in [0.4, 0.5) is 4.39 Å². The average molecular weight is 314 g/mol. The van der Waals surface area contributed by atoms with Crippen LogP contribution in [-0.2, 0) is 6.42 Å². The number of piperidine rings is 1. The number of hydrogen-bond donors (Lipinski definition) is 1. The number of pyridine rings is 1. The molecule has 2 aromatic rings. The number of nitrogens with zero attached hydrogens (tertiary/aromatic N) is 1. The van der Waals surface area contributed by atoms with Gasteiger partial charge in [-0.25, -0.2) is 4.39 Å². The molecule has 1 aromatic carbocycles. The van der Waals surface area contributed by atoms with E-state index in [9.17, 15) is 14.0 Å². The maximum absolute atomic E-state index is 12.9. The molecule has 120 valence electrons. The summed E-state index contributed by atoms with van der Waals surface area (Å²) in [5.74, 6) is 0.261. The van der Waals surface area contributed by atoms with Gasteiger partial charge in [-0.3, -0.25) is 9.59 Å². The maximum Gasteiger partial charge on any atom is 0.255 e. The van der Waals surface area contributed by atoms with Crippen molar-refractivity contribution in [3.63, 3.8) is 0 Å². The van der Waals surface area contributed by atoms with Crippen LogP contribution in [-0.4, -0.2) is 28.9 Å². The van der Waals surface area contributed by atoms with Crippen LogP contribution in [0, 0.1) is 11.7 Å². The van der Waals surface area contributed by atoms with Gasteiger partial charge in [-0.2, -0.15) is 0 Å². The van der Waals surface area contributed by atoms with E-state index >= 15 is 0 Å². The summed E-state index contributed by atoms with van der Waals surface area (Å²) in [5, 5.41) is 0. The standard InChI is InChI=1S/C18H19FN2O2/c19-16-4-1-13(2-5-16)11-14-7-9-21(10-8-14)18(23)15-3-6-17(22)20-12-15/h1-6,12,14H,7-11H2,(H,20,22). The predicted molar refractivity (Wildman–Crippen MR) is 85.8 cm³/mol. The van der Waals surface area contributed by atoms with Crippen LogP contribution < -0.4 is 5.56 Å². The van der Waals surface area contributed by atoms with Gasteiger partial charge in [0.15, 0.2) is 0 Å². The van der Waals surface area contributed by atoms with Gasteiger partial charge in [0.2, 0.25) is 5.56 Å². The molecule has 0 spiro atoms. The third-order valence-electron chi connectivity index (χ3n) is 4.37. The lowest BCUT2D eigenvalue weighted by molar-refractivity contribution is 0.0690. The Labute approximate surface area is 134 Å². The molecule has 1 amide bonds. The molecule has 0 saturated carbocycles. The lowest BCUT2D eigenvalue weighted by Gasteiger charge is -2.32. The summed E-state index contributed by atoms with van der Waals surface area (Å²) >= 11 is 0. The minimum atomic E-state index is -0.213. The highest BCUT2D eigenvalue weighted by molar-refractivity contribution is 5.93. The lowest BCUT2D eigenvalue weighted by atomic mass is 9.90. The van der Waals surface area contributed by atoms with E-state index in [1.54, 1.807) is 6.07 Å². The molecule has 23 heavy (non-hydrogen) atoms. The van der Waals surface area contributed by atoms with E-state index in [1.807, 2.05) is 17.0 Å². The smallest absolute Gasteiger partial charge is 0.255 e. The van der Waals surface area contributed by atoms with E-state index in [4.69, 9.17) is 0 Å². The fourth-order valence-corrected chi connectivity index (χ4v) is 3.02. The van der Waals surface area contributed by atoms with Crippen LogP contribution in [0.3, 0.4) is 0 Å². The van der Waals surface area contributed by atoms with Crippen molar-refractivity contribution in [3.8, 4) is 0 Å². The van der Waals surface area contributed by atoms with Crippen molar-refractivity contribution in [1.29, 1.82) is 0 Å². The van der Waals surface area contributed by atoms with Gasteiger partial charge in [-0.15, -0.1) is 0 Å². The highest BCUT2D eigenvalue weighted by atomic mass is 19.1. The molecule has 5 heteroatoms. The number of aromatic amines is 1. The third kappa shape index (κ3) is 3.86. The third-order valence-corrected chi connectivity index (χ3v) is 4.37. The molecular formula is C18H19FN2O2. The number of H-pyrrole nitrogens is 1. The summed E-state index contributed by atoms with van der Waals surface area (Å²) in [6, 6.07) is 9.56. The Balaban J connectivity index is 1.55. The Morgan fingerprint density at radius 2 is 1.83 bits per heavy atom. The number of likely N-dealkylation sites (tertiary alicyclic amines) is 1. The molecule has 2 heterocycles. The molecule has 1 fully saturated rings. The average Bonchev–Trinajstić information content (AvgIpc) is 2.58. The number of aromatic nitrogens is 1. The number of hydrogen-bond acceptors (Lipinski definition) is 2. The molecule has 0 unspecified atom stereocenters. The first-order chi connectivity index (χ1) is 11.1. The molecule has 4 nitrogen and oxygen atoms in total. The molecular weight excluding hydrogens is 295 g/mol. The monoisotopic (exact) mass is 314 g/mol. The topological polar surface area (TPSA) is 53.2 Å². The minimum Gasteiger partial charge on any atom is -0.339 e. The number of amides is 1. The number of benzene rings is 1. The largest absolute Gasteiger partial charge is 0.339 e. The molecule has 0 aliphatic carbocycles. The highest BCUT2D eigenvalue weighted by Crippen LogP contribution is 2.22. The van der Waals surface area contributed by atoms with Crippen molar-refractivity contribution >= 4 is 5.91 Å². The Morgan fingerprint density at radius 3 is 2.43 bits per heavy atom. The Bertz CT molecular complexity index is 711. The zero-order valence-corrected chi connectivity index (χ0v) is 12.8. The first-order valence-corrected chi connectivity index (χ1v) is 7.84. The predicted octanol–water partition coefficient (Wildman–Crippen LogP) is 2.61. The summed E-state index contributed by atoms with van der Waals surface area (Å²) in [5.41, 5.74) is 1.44. The second kappa shape index (κ2) is 6.77. The van der Waals surface area contributed by atoms with Gasteiger partial charge in [-0.1, -0.05) is 12.1 Å². The first kappa shape index (κ1) is 15.5. The van der Waals surface area contributed by atoms with Gasteiger partial charge < -0.3 is 9.88 Å². The van der Waals surface area contributed by atoms with Gasteiger partial charge in [0.1, 0.15) is 5.82 Å². The summed E-state index contributed by atoms with van der Waals surface area (Å²) in [7, 11) is 0. The summed E-state index contributed by atoms with van der Waals surface area (Å²) < 4.78 is 12.9. The van der Waals surface area contributed by atoms with E-state index < -0.39 is 0 Å². The number of carbonyl (C=O) groups is 1. The normalized spacial score (nSPS) is 15.6.